The maximum absolute atomic E-state index is 6.53. The van der Waals surface area contributed by atoms with Gasteiger partial charge in [-0.15, -0.1) is 0 Å². The first-order chi connectivity index (χ1) is 13.5. The van der Waals surface area contributed by atoms with Gasteiger partial charge in [-0.1, -0.05) is 25.1 Å². The summed E-state index contributed by atoms with van der Waals surface area (Å²) in [6.45, 7) is 6.42. The Labute approximate surface area is 164 Å². The second kappa shape index (κ2) is 5.62. The summed E-state index contributed by atoms with van der Waals surface area (Å²) in [5.41, 5.74) is 1.46. The minimum Gasteiger partial charge on any atom is -0.458 e. The first-order valence-corrected chi connectivity index (χ1v) is 10.4. The molecule has 1 aliphatic carbocycles. The third-order valence-electron chi connectivity index (χ3n) is 7.47. The van der Waals surface area contributed by atoms with Gasteiger partial charge < -0.3 is 13.9 Å². The highest BCUT2D eigenvalue weighted by atomic mass is 17.3. The second-order valence-corrected chi connectivity index (χ2v) is 9.13. The zero-order valence-corrected chi connectivity index (χ0v) is 16.6. The van der Waals surface area contributed by atoms with Crippen molar-refractivity contribution in [3.63, 3.8) is 0 Å². The van der Waals surface area contributed by atoms with Crippen molar-refractivity contribution in [3.8, 4) is 0 Å². The Kier molecular flexibility index (Phi) is 3.43. The van der Waals surface area contributed by atoms with Crippen LogP contribution in [0.4, 0.5) is 0 Å². The molecule has 0 amide bonds. The second-order valence-electron chi connectivity index (χ2n) is 9.13. The molecule has 148 valence electrons. The molecule has 1 saturated carbocycles. The largest absolute Gasteiger partial charge is 0.458 e. The van der Waals surface area contributed by atoms with Gasteiger partial charge in [0.25, 0.3) is 0 Å². The van der Waals surface area contributed by atoms with Gasteiger partial charge in [0.15, 0.2) is 17.1 Å². The fourth-order valence-corrected chi connectivity index (χ4v) is 5.96. The molecule has 5 aliphatic rings. The molecule has 1 aromatic heterocycles. The van der Waals surface area contributed by atoms with E-state index in [4.69, 9.17) is 23.7 Å². The molecular formula is C23H26O5. The lowest BCUT2D eigenvalue weighted by Crippen LogP contribution is -2.66. The SMILES string of the molecule is CC1=C(c2cc3ccccc3o2)O[C@@H]2O[C@@]3(C)CC[C@H]4[C@H](C)CC[C@@H]1[C@@]24OO3. The lowest BCUT2D eigenvalue weighted by molar-refractivity contribution is -0.553. The summed E-state index contributed by atoms with van der Waals surface area (Å²) in [4.78, 5) is 12.1. The summed E-state index contributed by atoms with van der Waals surface area (Å²) in [6.07, 6.45) is 3.57. The minimum atomic E-state index is -0.762. The molecule has 3 saturated heterocycles. The van der Waals surface area contributed by atoms with Crippen LogP contribution < -0.4 is 0 Å². The molecule has 7 rings (SSSR count). The van der Waals surface area contributed by atoms with Crippen LogP contribution in [-0.4, -0.2) is 17.7 Å². The normalized spacial score (nSPS) is 42.2. The fraction of sp³-hybridized carbons (Fsp3) is 0.565. The van der Waals surface area contributed by atoms with Crippen molar-refractivity contribution < 1.29 is 23.7 Å². The van der Waals surface area contributed by atoms with E-state index in [1.54, 1.807) is 0 Å². The van der Waals surface area contributed by atoms with Crippen molar-refractivity contribution in [2.24, 2.45) is 17.8 Å². The van der Waals surface area contributed by atoms with Crippen LogP contribution in [0.2, 0.25) is 0 Å². The Balaban J connectivity index is 1.51. The summed E-state index contributed by atoms with van der Waals surface area (Å²) < 4.78 is 19.1. The van der Waals surface area contributed by atoms with Crippen molar-refractivity contribution >= 4 is 16.7 Å². The van der Waals surface area contributed by atoms with Crippen molar-refractivity contribution in [1.29, 1.82) is 0 Å². The van der Waals surface area contributed by atoms with Gasteiger partial charge in [-0.2, -0.15) is 0 Å². The van der Waals surface area contributed by atoms with E-state index in [0.717, 1.165) is 41.8 Å². The predicted octanol–water partition coefficient (Wildman–Crippen LogP) is 5.41. The van der Waals surface area contributed by atoms with Crippen LogP contribution in [0.25, 0.3) is 16.7 Å². The Bertz CT molecular complexity index is 943. The van der Waals surface area contributed by atoms with Crippen molar-refractivity contribution in [2.75, 3.05) is 0 Å². The molecule has 1 spiro atoms. The van der Waals surface area contributed by atoms with Crippen molar-refractivity contribution in [2.45, 2.75) is 64.1 Å². The first-order valence-electron chi connectivity index (χ1n) is 10.4. The molecule has 28 heavy (non-hydrogen) atoms. The lowest BCUT2D eigenvalue weighted by Gasteiger charge is -2.57. The molecular weight excluding hydrogens is 356 g/mol. The standard InChI is InChI=1S/C23H26O5/c1-13-8-9-17-14(2)20(19-12-15-6-4-5-7-18(15)24-19)25-21-23(17)16(13)10-11-22(3,26-21)27-28-23/h4-7,12-13,16-17,21H,8-11H2,1-3H3/t13-,16+,17+,21-,22-,23-/m1/s1. The van der Waals surface area contributed by atoms with Crippen LogP contribution >= 0.6 is 0 Å². The molecule has 5 heterocycles. The molecule has 0 radical (unpaired) electrons. The number of furan rings is 1. The topological polar surface area (TPSA) is 50.1 Å². The van der Waals surface area contributed by atoms with Crippen LogP contribution in [0.3, 0.4) is 0 Å². The fourth-order valence-electron chi connectivity index (χ4n) is 5.96. The number of ether oxygens (including phenoxy) is 2. The number of hydrogen-bond donors (Lipinski definition) is 0. The zero-order chi connectivity index (χ0) is 19.1. The van der Waals surface area contributed by atoms with Gasteiger partial charge in [-0.05, 0) is 56.7 Å². The van der Waals surface area contributed by atoms with Gasteiger partial charge in [0.05, 0.1) is 0 Å². The van der Waals surface area contributed by atoms with Crippen LogP contribution in [0.5, 0.6) is 0 Å². The van der Waals surface area contributed by atoms with E-state index in [1.165, 1.54) is 12.0 Å². The van der Waals surface area contributed by atoms with Gasteiger partial charge in [-0.25, -0.2) is 9.78 Å². The molecule has 5 heteroatoms. The van der Waals surface area contributed by atoms with Gasteiger partial charge in [-0.3, -0.25) is 0 Å². The molecule has 6 atom stereocenters. The molecule has 4 aliphatic heterocycles. The molecule has 1 aromatic carbocycles. The van der Waals surface area contributed by atoms with E-state index in [0.29, 0.717) is 11.8 Å². The van der Waals surface area contributed by atoms with Crippen LogP contribution in [0, 0.1) is 17.8 Å². The van der Waals surface area contributed by atoms with Gasteiger partial charge >= 0.3 is 0 Å². The maximum Gasteiger partial charge on any atom is 0.236 e. The molecule has 4 fully saturated rings. The van der Waals surface area contributed by atoms with E-state index >= 15 is 0 Å². The highest BCUT2D eigenvalue weighted by Gasteiger charge is 2.68. The zero-order valence-electron chi connectivity index (χ0n) is 16.6. The van der Waals surface area contributed by atoms with E-state index in [9.17, 15) is 0 Å². The van der Waals surface area contributed by atoms with Crippen molar-refractivity contribution in [3.05, 3.63) is 41.7 Å². The lowest BCUT2D eigenvalue weighted by atomic mass is 9.59. The molecule has 2 aromatic rings. The number of hydrogen-bond acceptors (Lipinski definition) is 5. The maximum atomic E-state index is 6.53. The van der Waals surface area contributed by atoms with Gasteiger partial charge in [0, 0.05) is 23.6 Å². The van der Waals surface area contributed by atoms with Gasteiger partial charge in [0.2, 0.25) is 12.1 Å². The van der Waals surface area contributed by atoms with Crippen LogP contribution in [0.1, 0.15) is 52.2 Å². The van der Waals surface area contributed by atoms with E-state index in [1.807, 2.05) is 25.1 Å². The van der Waals surface area contributed by atoms with Crippen molar-refractivity contribution in [1.82, 2.24) is 0 Å². The molecule has 5 nitrogen and oxygen atoms in total. The summed E-state index contributed by atoms with van der Waals surface area (Å²) >= 11 is 0. The quantitative estimate of drug-likeness (QED) is 0.617. The summed E-state index contributed by atoms with van der Waals surface area (Å²) in [6, 6.07) is 10.1. The summed E-state index contributed by atoms with van der Waals surface area (Å²) in [7, 11) is 0. The molecule has 0 N–H and O–H groups in total. The Morgan fingerprint density at radius 2 is 1.93 bits per heavy atom. The van der Waals surface area contributed by atoms with E-state index in [-0.39, 0.29) is 5.92 Å². The highest BCUT2D eigenvalue weighted by molar-refractivity contribution is 5.81. The van der Waals surface area contributed by atoms with Crippen LogP contribution in [0.15, 0.2) is 40.3 Å². The average molecular weight is 382 g/mol. The Morgan fingerprint density at radius 3 is 2.79 bits per heavy atom. The highest BCUT2D eigenvalue weighted by Crippen LogP contribution is 2.61. The average Bonchev–Trinajstić information content (AvgIpc) is 2.99. The summed E-state index contributed by atoms with van der Waals surface area (Å²) in [5, 5.41) is 1.08. The first kappa shape index (κ1) is 17.1. The number of rotatable bonds is 1. The number of fused-ring (bicyclic) bond motifs is 3. The van der Waals surface area contributed by atoms with Crippen LogP contribution in [-0.2, 0) is 19.2 Å². The smallest absolute Gasteiger partial charge is 0.236 e. The third-order valence-corrected chi connectivity index (χ3v) is 7.47. The third kappa shape index (κ3) is 2.13. The Morgan fingerprint density at radius 1 is 1.07 bits per heavy atom. The van der Waals surface area contributed by atoms with E-state index in [2.05, 4.69) is 26.0 Å². The number of para-hydroxylation sites is 1. The van der Waals surface area contributed by atoms with Gasteiger partial charge in [0.1, 0.15) is 5.58 Å². The molecule has 0 unspecified atom stereocenters. The predicted molar refractivity (Wildman–Crippen MR) is 103 cm³/mol. The molecule has 2 bridgehead atoms. The Hall–Kier alpha value is -1.82. The minimum absolute atomic E-state index is 0.193. The van der Waals surface area contributed by atoms with E-state index < -0.39 is 17.7 Å². The summed E-state index contributed by atoms with van der Waals surface area (Å²) in [5.74, 6) is 1.90. The number of benzene rings is 1. The monoisotopic (exact) mass is 382 g/mol.